The molecule has 0 aromatic heterocycles. The van der Waals surface area contributed by atoms with E-state index in [1.807, 2.05) is 0 Å². The van der Waals surface area contributed by atoms with Crippen LogP contribution in [0.2, 0.25) is 0 Å². The van der Waals surface area contributed by atoms with E-state index >= 15 is 0 Å². The number of thiol groups is 1. The Kier molecular flexibility index (Phi) is 3.67. The molecule has 1 aromatic rings. The van der Waals surface area contributed by atoms with Crippen LogP contribution in [-0.2, 0) is 0 Å². The highest BCUT2D eigenvalue weighted by atomic mass is 32.1. The predicted molar refractivity (Wildman–Crippen MR) is 56.3 cm³/mol. The van der Waals surface area contributed by atoms with Crippen LogP contribution in [-0.4, -0.2) is 37.4 Å². The molecule has 0 saturated heterocycles. The van der Waals surface area contributed by atoms with Gasteiger partial charge in [-0.2, -0.15) is 12.6 Å². The van der Waals surface area contributed by atoms with Crippen molar-refractivity contribution in [2.75, 3.05) is 5.75 Å². The normalized spacial score (nSPS) is 14.9. The fourth-order valence-electron chi connectivity index (χ4n) is 1.13. The molecule has 0 aliphatic heterocycles. The van der Waals surface area contributed by atoms with Crippen molar-refractivity contribution in [2.45, 2.75) is 12.2 Å². The highest BCUT2D eigenvalue weighted by Crippen LogP contribution is 2.40. The van der Waals surface area contributed by atoms with Gasteiger partial charge in [-0.05, 0) is 12.1 Å². The molecule has 2 unspecified atom stereocenters. The molecule has 1 rings (SSSR count). The molecular formula is C9H12O5S. The van der Waals surface area contributed by atoms with Crippen LogP contribution in [0.1, 0.15) is 11.7 Å². The van der Waals surface area contributed by atoms with E-state index in [4.69, 9.17) is 5.11 Å². The Balaban J connectivity index is 3.10. The first-order valence-electron chi connectivity index (χ1n) is 4.19. The van der Waals surface area contributed by atoms with Crippen LogP contribution < -0.4 is 0 Å². The van der Waals surface area contributed by atoms with Crippen molar-refractivity contribution < 1.29 is 25.5 Å². The topological polar surface area (TPSA) is 101 Å². The maximum atomic E-state index is 9.53. The van der Waals surface area contributed by atoms with E-state index in [2.05, 4.69) is 12.6 Å². The molecule has 0 spiro atoms. The summed E-state index contributed by atoms with van der Waals surface area (Å²) in [6.07, 6.45) is -2.53. The van der Waals surface area contributed by atoms with Crippen LogP contribution in [0.4, 0.5) is 0 Å². The third kappa shape index (κ3) is 2.28. The standard InChI is InChI=1S/C9H12O5S/c10-5-2-1-4(8(13)9(5)14)7(12)6(11)3-15/h1-2,6-7,10-15H,3H2. The van der Waals surface area contributed by atoms with Crippen LogP contribution in [0.15, 0.2) is 12.1 Å². The molecule has 6 heteroatoms. The lowest BCUT2D eigenvalue weighted by molar-refractivity contribution is 0.0320. The van der Waals surface area contributed by atoms with Gasteiger partial charge >= 0.3 is 0 Å². The van der Waals surface area contributed by atoms with E-state index in [9.17, 15) is 20.4 Å². The Morgan fingerprint density at radius 3 is 2.20 bits per heavy atom. The predicted octanol–water partition coefficient (Wildman–Crippen LogP) is 0.127. The lowest BCUT2D eigenvalue weighted by atomic mass is 10.0. The molecule has 0 saturated carbocycles. The summed E-state index contributed by atoms with van der Waals surface area (Å²) in [5, 5.41) is 46.4. The van der Waals surface area contributed by atoms with Gasteiger partial charge in [0.15, 0.2) is 11.5 Å². The Hall–Kier alpha value is -1.11. The molecule has 2 atom stereocenters. The smallest absolute Gasteiger partial charge is 0.200 e. The van der Waals surface area contributed by atoms with Gasteiger partial charge in [0.2, 0.25) is 5.75 Å². The SMILES string of the molecule is Oc1ccc(C(O)C(O)CS)c(O)c1O. The van der Waals surface area contributed by atoms with E-state index < -0.39 is 29.5 Å². The van der Waals surface area contributed by atoms with Gasteiger partial charge in [0.1, 0.15) is 6.10 Å². The maximum absolute atomic E-state index is 9.53. The number of phenols is 3. The van der Waals surface area contributed by atoms with Gasteiger partial charge in [-0.3, -0.25) is 0 Å². The minimum absolute atomic E-state index is 0.00223. The molecule has 0 fully saturated rings. The molecule has 0 radical (unpaired) electrons. The van der Waals surface area contributed by atoms with E-state index in [1.54, 1.807) is 0 Å². The minimum Gasteiger partial charge on any atom is -0.504 e. The fraction of sp³-hybridized carbons (Fsp3) is 0.333. The Morgan fingerprint density at radius 1 is 1.07 bits per heavy atom. The average molecular weight is 232 g/mol. The highest BCUT2D eigenvalue weighted by Gasteiger charge is 2.22. The highest BCUT2D eigenvalue weighted by molar-refractivity contribution is 7.80. The van der Waals surface area contributed by atoms with Gasteiger partial charge in [0.05, 0.1) is 6.10 Å². The number of aliphatic hydroxyl groups excluding tert-OH is 2. The molecule has 0 heterocycles. The number of hydrogen-bond acceptors (Lipinski definition) is 6. The zero-order valence-corrected chi connectivity index (χ0v) is 8.59. The summed E-state index contributed by atoms with van der Waals surface area (Å²) in [6, 6.07) is 2.32. The van der Waals surface area contributed by atoms with Gasteiger partial charge in [0.25, 0.3) is 0 Å². The first-order valence-corrected chi connectivity index (χ1v) is 4.83. The number of hydrogen-bond donors (Lipinski definition) is 6. The summed E-state index contributed by atoms with van der Waals surface area (Å²) in [4.78, 5) is 0. The quantitative estimate of drug-likeness (QED) is 0.328. The molecule has 84 valence electrons. The van der Waals surface area contributed by atoms with Crippen molar-refractivity contribution in [1.29, 1.82) is 0 Å². The largest absolute Gasteiger partial charge is 0.504 e. The molecule has 1 aromatic carbocycles. The molecule has 0 aliphatic rings. The van der Waals surface area contributed by atoms with Crippen molar-refractivity contribution in [3.8, 4) is 17.2 Å². The average Bonchev–Trinajstić information content (AvgIpc) is 2.24. The first-order chi connectivity index (χ1) is 6.99. The van der Waals surface area contributed by atoms with Gasteiger partial charge in [-0.1, -0.05) is 0 Å². The summed E-state index contributed by atoms with van der Waals surface area (Å²) in [7, 11) is 0. The van der Waals surface area contributed by atoms with E-state index in [0.29, 0.717) is 0 Å². The molecule has 15 heavy (non-hydrogen) atoms. The number of aliphatic hydroxyl groups is 2. The summed E-state index contributed by atoms with van der Waals surface area (Å²) in [5.41, 5.74) is -0.0631. The van der Waals surface area contributed by atoms with E-state index in [-0.39, 0.29) is 11.3 Å². The maximum Gasteiger partial charge on any atom is 0.200 e. The van der Waals surface area contributed by atoms with Crippen LogP contribution in [0.3, 0.4) is 0 Å². The summed E-state index contributed by atoms with van der Waals surface area (Å²) < 4.78 is 0. The lowest BCUT2D eigenvalue weighted by Crippen LogP contribution is -2.19. The molecule has 5 nitrogen and oxygen atoms in total. The van der Waals surface area contributed by atoms with Crippen LogP contribution >= 0.6 is 12.6 Å². The van der Waals surface area contributed by atoms with Crippen molar-refractivity contribution in [3.05, 3.63) is 17.7 Å². The molecule has 0 bridgehead atoms. The third-order valence-corrected chi connectivity index (χ3v) is 2.41. The zero-order chi connectivity index (χ0) is 11.6. The Labute approximate surface area is 91.7 Å². The van der Waals surface area contributed by atoms with E-state index in [1.165, 1.54) is 6.07 Å². The van der Waals surface area contributed by atoms with Gasteiger partial charge < -0.3 is 25.5 Å². The number of benzene rings is 1. The number of phenolic OH excluding ortho intramolecular Hbond substituents is 3. The van der Waals surface area contributed by atoms with Crippen molar-refractivity contribution in [2.24, 2.45) is 0 Å². The molecule has 0 aliphatic carbocycles. The summed E-state index contributed by atoms with van der Waals surface area (Å²) in [6.45, 7) is 0. The van der Waals surface area contributed by atoms with E-state index in [0.717, 1.165) is 6.07 Å². The number of rotatable bonds is 3. The summed E-state index contributed by atoms with van der Waals surface area (Å²) in [5.74, 6) is -1.87. The number of aromatic hydroxyl groups is 3. The van der Waals surface area contributed by atoms with Crippen LogP contribution in [0.5, 0.6) is 17.2 Å². The monoisotopic (exact) mass is 232 g/mol. The second kappa shape index (κ2) is 4.61. The Morgan fingerprint density at radius 2 is 1.67 bits per heavy atom. The fourth-order valence-corrected chi connectivity index (χ4v) is 1.33. The summed E-state index contributed by atoms with van der Waals surface area (Å²) >= 11 is 3.78. The van der Waals surface area contributed by atoms with Gasteiger partial charge in [-0.15, -0.1) is 0 Å². The van der Waals surface area contributed by atoms with Crippen molar-refractivity contribution in [1.82, 2.24) is 0 Å². The van der Waals surface area contributed by atoms with Crippen LogP contribution in [0, 0.1) is 0 Å². The van der Waals surface area contributed by atoms with Gasteiger partial charge in [-0.25, -0.2) is 0 Å². The Bertz CT molecular complexity index is 355. The first kappa shape index (κ1) is 12.0. The van der Waals surface area contributed by atoms with Crippen molar-refractivity contribution in [3.63, 3.8) is 0 Å². The molecule has 5 N–H and O–H groups in total. The third-order valence-electron chi connectivity index (χ3n) is 2.03. The zero-order valence-electron chi connectivity index (χ0n) is 7.70. The van der Waals surface area contributed by atoms with Gasteiger partial charge in [0, 0.05) is 11.3 Å². The molecule has 0 amide bonds. The lowest BCUT2D eigenvalue weighted by Gasteiger charge is -2.17. The molecular weight excluding hydrogens is 220 g/mol. The second-order valence-electron chi connectivity index (χ2n) is 3.07. The van der Waals surface area contributed by atoms with Crippen LogP contribution in [0.25, 0.3) is 0 Å². The minimum atomic E-state index is -1.37. The van der Waals surface area contributed by atoms with Crippen molar-refractivity contribution >= 4 is 12.6 Å². The second-order valence-corrected chi connectivity index (χ2v) is 3.43.